The Balaban J connectivity index is 2.39. The summed E-state index contributed by atoms with van der Waals surface area (Å²) >= 11 is 0. The minimum absolute atomic E-state index is 0.253. The Morgan fingerprint density at radius 1 is 1.46 bits per heavy atom. The summed E-state index contributed by atoms with van der Waals surface area (Å²) in [4.78, 5) is 24.4. The Morgan fingerprint density at radius 2 is 2.15 bits per heavy atom. The van der Waals surface area contributed by atoms with Crippen LogP contribution in [-0.2, 0) is 19.1 Å². The number of aliphatic hydroxyl groups excluding tert-OH is 2. The molecule has 1 heterocycles. The van der Waals surface area contributed by atoms with Crippen molar-refractivity contribution in [3.63, 3.8) is 0 Å². The lowest BCUT2D eigenvalue weighted by molar-refractivity contribution is -0.147. The van der Waals surface area contributed by atoms with Crippen LogP contribution in [0.3, 0.4) is 0 Å². The molecule has 4 atom stereocenters. The van der Waals surface area contributed by atoms with Gasteiger partial charge in [-0.2, -0.15) is 0 Å². The number of carbonyl (C=O) groups is 2. The van der Waals surface area contributed by atoms with Crippen LogP contribution >= 0.6 is 0 Å². The SMILES string of the molecule is C=C1C(=O)O[C@@H]2/C=C(\C)[C@@H](O)C/C=C(\C)C[C@H](OC(=O)/C(C)=C/CO)[C@@H]12. The first-order valence-electron chi connectivity index (χ1n) is 8.65. The number of hydrogen-bond acceptors (Lipinski definition) is 6. The molecule has 2 rings (SSSR count). The summed E-state index contributed by atoms with van der Waals surface area (Å²) in [6.45, 7) is 8.79. The maximum absolute atomic E-state index is 12.3. The van der Waals surface area contributed by atoms with Gasteiger partial charge in [0.1, 0.15) is 12.2 Å². The average Bonchev–Trinajstić information content (AvgIpc) is 2.85. The monoisotopic (exact) mass is 362 g/mol. The number of rotatable bonds is 3. The molecule has 1 aliphatic carbocycles. The molecule has 1 saturated heterocycles. The fourth-order valence-corrected chi connectivity index (χ4v) is 3.14. The predicted molar refractivity (Wildman–Crippen MR) is 96.0 cm³/mol. The second kappa shape index (κ2) is 8.47. The van der Waals surface area contributed by atoms with Crippen LogP contribution < -0.4 is 0 Å². The molecule has 26 heavy (non-hydrogen) atoms. The minimum atomic E-state index is -0.660. The molecule has 142 valence electrons. The summed E-state index contributed by atoms with van der Waals surface area (Å²) in [6.07, 6.45) is 3.87. The Bertz CT molecular complexity index is 684. The first-order chi connectivity index (χ1) is 12.2. The fraction of sp³-hybridized carbons (Fsp3) is 0.500. The fourth-order valence-electron chi connectivity index (χ4n) is 3.14. The second-order valence-electron chi connectivity index (χ2n) is 6.85. The van der Waals surface area contributed by atoms with Gasteiger partial charge in [-0.1, -0.05) is 18.2 Å². The minimum Gasteiger partial charge on any atom is -0.458 e. The molecular weight excluding hydrogens is 336 g/mol. The highest BCUT2D eigenvalue weighted by Crippen LogP contribution is 2.36. The van der Waals surface area contributed by atoms with Crippen molar-refractivity contribution in [2.45, 2.75) is 51.9 Å². The van der Waals surface area contributed by atoms with E-state index in [4.69, 9.17) is 14.6 Å². The molecule has 0 unspecified atom stereocenters. The molecule has 0 aromatic rings. The third-order valence-electron chi connectivity index (χ3n) is 4.81. The van der Waals surface area contributed by atoms with E-state index in [0.29, 0.717) is 24.0 Å². The van der Waals surface area contributed by atoms with Gasteiger partial charge in [0.15, 0.2) is 0 Å². The van der Waals surface area contributed by atoms with Crippen molar-refractivity contribution in [2.24, 2.45) is 5.92 Å². The highest BCUT2D eigenvalue weighted by Gasteiger charge is 2.44. The highest BCUT2D eigenvalue weighted by molar-refractivity contribution is 5.92. The molecule has 1 aliphatic heterocycles. The van der Waals surface area contributed by atoms with Crippen LogP contribution in [0.4, 0.5) is 0 Å². The van der Waals surface area contributed by atoms with Crippen molar-refractivity contribution < 1.29 is 29.3 Å². The van der Waals surface area contributed by atoms with Gasteiger partial charge in [-0.15, -0.1) is 0 Å². The molecule has 2 aliphatic rings. The Morgan fingerprint density at radius 3 is 2.81 bits per heavy atom. The summed E-state index contributed by atoms with van der Waals surface area (Å²) in [6, 6.07) is 0. The van der Waals surface area contributed by atoms with Gasteiger partial charge in [-0.25, -0.2) is 9.59 Å². The highest BCUT2D eigenvalue weighted by atomic mass is 16.6. The molecule has 2 N–H and O–H groups in total. The first kappa shape index (κ1) is 20.1. The van der Waals surface area contributed by atoms with E-state index in [2.05, 4.69) is 6.58 Å². The van der Waals surface area contributed by atoms with Crippen molar-refractivity contribution in [3.8, 4) is 0 Å². The van der Waals surface area contributed by atoms with Crippen molar-refractivity contribution in [3.05, 3.63) is 47.1 Å². The normalized spacial score (nSPS) is 34.1. The number of carbonyl (C=O) groups excluding carboxylic acids is 2. The zero-order valence-corrected chi connectivity index (χ0v) is 15.4. The zero-order valence-electron chi connectivity index (χ0n) is 15.4. The zero-order chi connectivity index (χ0) is 19.4. The third-order valence-corrected chi connectivity index (χ3v) is 4.81. The van der Waals surface area contributed by atoms with E-state index in [1.807, 2.05) is 13.0 Å². The van der Waals surface area contributed by atoms with Crippen molar-refractivity contribution >= 4 is 11.9 Å². The van der Waals surface area contributed by atoms with Gasteiger partial charge in [-0.05, 0) is 44.9 Å². The van der Waals surface area contributed by atoms with Crippen molar-refractivity contribution in [2.75, 3.05) is 6.61 Å². The maximum Gasteiger partial charge on any atom is 0.334 e. The summed E-state index contributed by atoms with van der Waals surface area (Å²) in [7, 11) is 0. The smallest absolute Gasteiger partial charge is 0.334 e. The van der Waals surface area contributed by atoms with Crippen LogP contribution in [0.2, 0.25) is 0 Å². The lowest BCUT2D eigenvalue weighted by Gasteiger charge is -2.28. The van der Waals surface area contributed by atoms with Gasteiger partial charge in [-0.3, -0.25) is 0 Å². The predicted octanol–water partition coefficient (Wildman–Crippen LogP) is 1.98. The number of esters is 2. The lowest BCUT2D eigenvalue weighted by atomic mass is 9.85. The van der Waals surface area contributed by atoms with E-state index in [1.165, 1.54) is 6.08 Å². The van der Waals surface area contributed by atoms with E-state index >= 15 is 0 Å². The maximum atomic E-state index is 12.3. The number of fused-ring (bicyclic) bond motifs is 1. The summed E-state index contributed by atoms with van der Waals surface area (Å²) in [5.41, 5.74) is 2.17. The molecule has 1 fully saturated rings. The largest absolute Gasteiger partial charge is 0.458 e. The van der Waals surface area contributed by atoms with E-state index < -0.39 is 36.2 Å². The average molecular weight is 362 g/mol. The van der Waals surface area contributed by atoms with Crippen LogP contribution in [0.1, 0.15) is 33.6 Å². The Hall–Kier alpha value is -2.18. The van der Waals surface area contributed by atoms with Crippen molar-refractivity contribution in [1.82, 2.24) is 0 Å². The Kier molecular flexibility index (Phi) is 6.56. The Labute approximate surface area is 153 Å². The van der Waals surface area contributed by atoms with E-state index in [1.54, 1.807) is 19.9 Å². The van der Waals surface area contributed by atoms with E-state index in [-0.39, 0.29) is 12.2 Å². The standard InChI is InChI=1S/C20H26O6/c1-11-5-6-15(22)13(3)10-17-18(14(4)20(24)26-17)16(9-11)25-19(23)12(2)7-8-21/h5,7,10,15-18,21-22H,4,6,8-9H2,1-3H3/b11-5+,12-7+,13-10+/t15-,16-,17+,18+/m0/s1. The molecule has 0 aromatic carbocycles. The second-order valence-corrected chi connectivity index (χ2v) is 6.85. The van der Waals surface area contributed by atoms with Gasteiger partial charge in [0.25, 0.3) is 0 Å². The van der Waals surface area contributed by atoms with Crippen molar-refractivity contribution in [1.29, 1.82) is 0 Å². The topological polar surface area (TPSA) is 93.1 Å². The van der Waals surface area contributed by atoms with E-state index in [9.17, 15) is 14.7 Å². The lowest BCUT2D eigenvalue weighted by Crippen LogP contribution is -2.34. The molecule has 0 spiro atoms. The molecule has 6 nitrogen and oxygen atoms in total. The molecule has 0 saturated carbocycles. The van der Waals surface area contributed by atoms with Crippen LogP contribution in [0.15, 0.2) is 47.1 Å². The third kappa shape index (κ3) is 4.51. The quantitative estimate of drug-likeness (QED) is 0.453. The molecule has 0 radical (unpaired) electrons. The van der Waals surface area contributed by atoms with Gasteiger partial charge in [0, 0.05) is 17.6 Å². The number of hydrogen-bond donors (Lipinski definition) is 2. The summed E-state index contributed by atoms with van der Waals surface area (Å²) in [5.74, 6) is -1.61. The first-order valence-corrected chi connectivity index (χ1v) is 8.65. The molecular formula is C20H26O6. The van der Waals surface area contributed by atoms with Gasteiger partial charge in [0.05, 0.1) is 18.6 Å². The van der Waals surface area contributed by atoms with E-state index in [0.717, 1.165) is 5.57 Å². The molecule has 0 amide bonds. The van der Waals surface area contributed by atoms with Crippen LogP contribution in [-0.4, -0.2) is 47.1 Å². The molecule has 0 aromatic heterocycles. The van der Waals surface area contributed by atoms with Crippen LogP contribution in [0.25, 0.3) is 0 Å². The molecule has 6 heteroatoms. The summed E-state index contributed by atoms with van der Waals surface area (Å²) in [5, 5.41) is 19.2. The number of aliphatic hydroxyl groups is 2. The van der Waals surface area contributed by atoms with Gasteiger partial charge in [0.2, 0.25) is 0 Å². The summed E-state index contributed by atoms with van der Waals surface area (Å²) < 4.78 is 11.1. The number of ether oxygens (including phenoxy) is 2. The van der Waals surface area contributed by atoms with Crippen LogP contribution in [0.5, 0.6) is 0 Å². The van der Waals surface area contributed by atoms with Gasteiger partial charge < -0.3 is 19.7 Å². The molecule has 0 bridgehead atoms. The van der Waals surface area contributed by atoms with Gasteiger partial charge >= 0.3 is 11.9 Å². The van der Waals surface area contributed by atoms with Crippen LogP contribution in [0, 0.1) is 5.92 Å².